The molecule has 0 N–H and O–H groups in total. The second-order valence-corrected chi connectivity index (χ2v) is 6.88. The summed E-state index contributed by atoms with van der Waals surface area (Å²) in [4.78, 5) is 31.9. The van der Waals surface area contributed by atoms with Crippen LogP contribution in [-0.4, -0.2) is 31.8 Å². The van der Waals surface area contributed by atoms with E-state index in [4.69, 9.17) is 0 Å². The number of rotatable bonds is 3. The topological polar surface area (TPSA) is 73.0 Å². The molecular weight excluding hydrogens is 342 g/mol. The highest BCUT2D eigenvalue weighted by Gasteiger charge is 2.25. The van der Waals surface area contributed by atoms with E-state index in [9.17, 15) is 9.59 Å². The van der Waals surface area contributed by atoms with Gasteiger partial charge >= 0.3 is 0 Å². The lowest BCUT2D eigenvalue weighted by molar-refractivity contribution is -0.119. The molecule has 7 nitrogen and oxygen atoms in total. The van der Waals surface area contributed by atoms with Gasteiger partial charge in [-0.2, -0.15) is 5.10 Å². The number of carbonyl (C=O) groups is 1. The molecule has 3 aromatic rings. The lowest BCUT2D eigenvalue weighted by Crippen LogP contribution is -2.37. The maximum atomic E-state index is 13.0. The van der Waals surface area contributed by atoms with Gasteiger partial charge in [0, 0.05) is 29.7 Å². The summed E-state index contributed by atoms with van der Waals surface area (Å²) in [6.07, 6.45) is 0.827. The third kappa shape index (κ3) is 3.05. The van der Waals surface area contributed by atoms with Gasteiger partial charge in [0.15, 0.2) is 0 Å². The van der Waals surface area contributed by atoms with Crippen molar-refractivity contribution in [2.45, 2.75) is 33.7 Å². The third-order valence-corrected chi connectivity index (χ3v) is 4.80. The van der Waals surface area contributed by atoms with Crippen molar-refractivity contribution < 1.29 is 4.79 Å². The molecule has 0 bridgehead atoms. The summed E-state index contributed by atoms with van der Waals surface area (Å²) in [5.74, 6) is 0.238. The second kappa shape index (κ2) is 6.50. The Morgan fingerprint density at radius 1 is 1.11 bits per heavy atom. The van der Waals surface area contributed by atoms with E-state index >= 15 is 0 Å². The summed E-state index contributed by atoms with van der Waals surface area (Å²) in [6, 6.07) is 11.2. The first-order chi connectivity index (χ1) is 12.9. The van der Waals surface area contributed by atoms with Crippen molar-refractivity contribution in [3.63, 3.8) is 0 Å². The molecule has 0 saturated heterocycles. The number of aryl methyl sites for hydroxylation is 3. The van der Waals surface area contributed by atoms with E-state index in [1.54, 1.807) is 16.5 Å². The molecule has 138 valence electrons. The van der Waals surface area contributed by atoms with Gasteiger partial charge in [-0.05, 0) is 44.9 Å². The Bertz CT molecular complexity index is 1100. The summed E-state index contributed by atoms with van der Waals surface area (Å²) >= 11 is 0. The highest BCUT2D eigenvalue weighted by atomic mass is 16.2. The summed E-state index contributed by atoms with van der Waals surface area (Å²) in [6.45, 7) is 6.10. The third-order valence-electron chi connectivity index (χ3n) is 4.80. The van der Waals surface area contributed by atoms with Crippen molar-refractivity contribution in [1.29, 1.82) is 0 Å². The number of hydrogen-bond donors (Lipinski definition) is 0. The molecule has 27 heavy (non-hydrogen) atoms. The minimum absolute atomic E-state index is 0.0753. The van der Waals surface area contributed by atoms with Crippen LogP contribution in [0.15, 0.2) is 41.2 Å². The molecule has 1 aliphatic rings. The van der Waals surface area contributed by atoms with Crippen LogP contribution in [0, 0.1) is 20.8 Å². The van der Waals surface area contributed by atoms with Gasteiger partial charge in [-0.1, -0.05) is 18.2 Å². The van der Waals surface area contributed by atoms with Gasteiger partial charge in [-0.25, -0.2) is 9.67 Å². The van der Waals surface area contributed by atoms with Crippen LogP contribution in [0.25, 0.3) is 5.95 Å². The average molecular weight is 363 g/mol. The van der Waals surface area contributed by atoms with Gasteiger partial charge in [0.2, 0.25) is 11.9 Å². The molecule has 3 heterocycles. The largest absolute Gasteiger partial charge is 0.310 e. The van der Waals surface area contributed by atoms with E-state index in [1.807, 2.05) is 44.2 Å². The summed E-state index contributed by atoms with van der Waals surface area (Å²) in [5, 5.41) is 4.43. The molecule has 0 unspecified atom stereocenters. The first-order valence-electron chi connectivity index (χ1n) is 8.94. The zero-order valence-corrected chi connectivity index (χ0v) is 15.6. The number of para-hydroxylation sites is 1. The predicted molar refractivity (Wildman–Crippen MR) is 102 cm³/mol. The van der Waals surface area contributed by atoms with Crippen molar-refractivity contribution in [1.82, 2.24) is 19.3 Å². The van der Waals surface area contributed by atoms with E-state index in [0.29, 0.717) is 18.2 Å². The van der Waals surface area contributed by atoms with E-state index in [0.717, 1.165) is 29.1 Å². The molecule has 0 spiro atoms. The van der Waals surface area contributed by atoms with Crippen LogP contribution >= 0.6 is 0 Å². The molecule has 1 amide bonds. The smallest absolute Gasteiger partial charge is 0.255 e. The Labute approximate surface area is 156 Å². The van der Waals surface area contributed by atoms with E-state index in [2.05, 4.69) is 10.1 Å². The number of aromatic nitrogens is 4. The first kappa shape index (κ1) is 17.2. The predicted octanol–water partition coefficient (Wildman–Crippen LogP) is 1.94. The maximum Gasteiger partial charge on any atom is 0.255 e. The Morgan fingerprint density at radius 2 is 1.89 bits per heavy atom. The maximum absolute atomic E-state index is 13.0. The van der Waals surface area contributed by atoms with Crippen molar-refractivity contribution in [2.24, 2.45) is 0 Å². The molecule has 1 aliphatic heterocycles. The van der Waals surface area contributed by atoms with Crippen molar-refractivity contribution in [3.8, 4) is 5.95 Å². The molecular formula is C20H21N5O2. The lowest BCUT2D eigenvalue weighted by atomic mass is 10.2. The second-order valence-electron chi connectivity index (χ2n) is 6.88. The number of amides is 1. The fraction of sp³-hybridized carbons (Fsp3) is 0.300. The van der Waals surface area contributed by atoms with E-state index in [1.165, 1.54) is 10.6 Å². The minimum atomic E-state index is -0.258. The van der Waals surface area contributed by atoms with Gasteiger partial charge in [-0.3, -0.25) is 14.2 Å². The molecule has 7 heteroatoms. The van der Waals surface area contributed by atoms with Crippen LogP contribution in [0.2, 0.25) is 0 Å². The number of fused-ring (bicyclic) bond motifs is 1. The Balaban J connectivity index is 1.74. The summed E-state index contributed by atoms with van der Waals surface area (Å²) < 4.78 is 3.02. The van der Waals surface area contributed by atoms with E-state index < -0.39 is 0 Å². The van der Waals surface area contributed by atoms with Gasteiger partial charge < -0.3 is 4.90 Å². The van der Waals surface area contributed by atoms with Gasteiger partial charge in [0.25, 0.3) is 5.56 Å². The zero-order valence-electron chi connectivity index (χ0n) is 15.6. The molecule has 0 fully saturated rings. The van der Waals surface area contributed by atoms with Crippen LogP contribution in [0.4, 0.5) is 5.69 Å². The molecule has 0 atom stereocenters. The molecule has 2 aromatic heterocycles. The van der Waals surface area contributed by atoms with Gasteiger partial charge in [0.1, 0.15) is 6.54 Å². The average Bonchev–Trinajstić information content (AvgIpc) is 3.19. The minimum Gasteiger partial charge on any atom is -0.310 e. The Hall–Kier alpha value is -3.22. The van der Waals surface area contributed by atoms with Crippen molar-refractivity contribution in [2.75, 3.05) is 11.4 Å². The summed E-state index contributed by atoms with van der Waals surface area (Å²) in [7, 11) is 0. The number of carbonyl (C=O) groups excluding carboxylic acids is 1. The Kier molecular flexibility index (Phi) is 4.14. The number of nitrogens with zero attached hydrogens (tertiary/aromatic N) is 5. The van der Waals surface area contributed by atoms with Gasteiger partial charge in [0.05, 0.1) is 5.69 Å². The van der Waals surface area contributed by atoms with Crippen LogP contribution in [0.3, 0.4) is 0 Å². The first-order valence-corrected chi connectivity index (χ1v) is 8.94. The SMILES string of the molecule is Cc1cc(=O)n(CC(=O)N2CCc3ccccc32)c(-n2nc(C)cc2C)n1. The van der Waals surface area contributed by atoms with Gasteiger partial charge in [-0.15, -0.1) is 0 Å². The van der Waals surface area contributed by atoms with Crippen molar-refractivity contribution in [3.05, 3.63) is 69.4 Å². The van der Waals surface area contributed by atoms with E-state index in [-0.39, 0.29) is 18.0 Å². The molecule has 0 saturated carbocycles. The molecule has 4 rings (SSSR count). The monoisotopic (exact) mass is 363 g/mol. The number of anilines is 1. The zero-order chi connectivity index (χ0) is 19.1. The highest BCUT2D eigenvalue weighted by molar-refractivity contribution is 5.95. The van der Waals surface area contributed by atoms with Crippen LogP contribution in [-0.2, 0) is 17.8 Å². The summed E-state index contributed by atoms with van der Waals surface area (Å²) in [5.41, 5.74) is 4.10. The quantitative estimate of drug-likeness (QED) is 0.713. The fourth-order valence-electron chi connectivity index (χ4n) is 3.57. The van der Waals surface area contributed by atoms with Crippen LogP contribution < -0.4 is 10.5 Å². The Morgan fingerprint density at radius 3 is 2.63 bits per heavy atom. The number of benzene rings is 1. The standard InChI is InChI=1S/C20H21N5O2/c1-13-11-18(26)24(20(21-13)25-15(3)10-14(2)22-25)12-19(27)23-9-8-16-6-4-5-7-17(16)23/h4-7,10-11H,8-9,12H2,1-3H3. The molecule has 0 radical (unpaired) electrons. The molecule has 1 aromatic carbocycles. The molecule has 0 aliphatic carbocycles. The van der Waals surface area contributed by atoms with Crippen LogP contribution in [0.1, 0.15) is 22.6 Å². The van der Waals surface area contributed by atoms with Crippen molar-refractivity contribution >= 4 is 11.6 Å². The number of hydrogen-bond acceptors (Lipinski definition) is 4. The van der Waals surface area contributed by atoms with Crippen LogP contribution in [0.5, 0.6) is 0 Å². The highest BCUT2D eigenvalue weighted by Crippen LogP contribution is 2.27. The fourth-order valence-corrected chi connectivity index (χ4v) is 3.57. The normalized spacial score (nSPS) is 13.1. The lowest BCUT2D eigenvalue weighted by Gasteiger charge is -2.19.